The van der Waals surface area contributed by atoms with Gasteiger partial charge in [-0.1, -0.05) is 37.3 Å². The smallest absolute Gasteiger partial charge is 0.191 e. The maximum atomic E-state index is 5.33. The molecule has 2 N–H and O–H groups in total. The molecule has 6 heteroatoms. The molecule has 26 heavy (non-hydrogen) atoms. The van der Waals surface area contributed by atoms with E-state index in [2.05, 4.69) is 66.6 Å². The number of rotatable bonds is 6. The van der Waals surface area contributed by atoms with Gasteiger partial charge in [0.2, 0.25) is 0 Å². The van der Waals surface area contributed by atoms with Gasteiger partial charge in [0.1, 0.15) is 0 Å². The summed E-state index contributed by atoms with van der Waals surface area (Å²) < 4.78 is 5.33. The number of hydrogen-bond donors (Lipinski definition) is 2. The fraction of sp³-hybridized carbons (Fsp3) is 0.650. The highest BCUT2D eigenvalue weighted by molar-refractivity contribution is 14.0. The third kappa shape index (κ3) is 5.82. The molecule has 0 saturated carbocycles. The summed E-state index contributed by atoms with van der Waals surface area (Å²) in [6.45, 7) is 12.1. The Morgan fingerprint density at radius 2 is 2.04 bits per heavy atom. The lowest BCUT2D eigenvalue weighted by atomic mass is 9.89. The first-order valence-corrected chi connectivity index (χ1v) is 9.48. The van der Waals surface area contributed by atoms with E-state index >= 15 is 0 Å². The summed E-state index contributed by atoms with van der Waals surface area (Å²) in [6, 6.07) is 11.8. The molecule has 0 aromatic heterocycles. The number of likely N-dealkylation sites (tertiary alicyclic amines) is 1. The Morgan fingerprint density at radius 1 is 1.31 bits per heavy atom. The first-order valence-electron chi connectivity index (χ1n) is 9.48. The molecule has 1 aromatic rings. The minimum atomic E-state index is 0. The van der Waals surface area contributed by atoms with Crippen LogP contribution < -0.4 is 10.6 Å². The highest BCUT2D eigenvalue weighted by Crippen LogP contribution is 2.26. The van der Waals surface area contributed by atoms with Gasteiger partial charge in [0.25, 0.3) is 0 Å². The van der Waals surface area contributed by atoms with Crippen LogP contribution in [-0.2, 0) is 11.3 Å². The molecule has 2 saturated heterocycles. The van der Waals surface area contributed by atoms with Crippen molar-refractivity contribution in [2.24, 2.45) is 10.4 Å². The van der Waals surface area contributed by atoms with Crippen LogP contribution >= 0.6 is 24.0 Å². The van der Waals surface area contributed by atoms with Crippen LogP contribution in [-0.4, -0.2) is 55.8 Å². The van der Waals surface area contributed by atoms with Gasteiger partial charge in [-0.2, -0.15) is 0 Å². The molecule has 146 valence electrons. The van der Waals surface area contributed by atoms with Gasteiger partial charge >= 0.3 is 0 Å². The minimum Gasteiger partial charge on any atom is -0.380 e. The summed E-state index contributed by atoms with van der Waals surface area (Å²) in [6.07, 6.45) is 1.15. The predicted molar refractivity (Wildman–Crippen MR) is 118 cm³/mol. The van der Waals surface area contributed by atoms with Crippen molar-refractivity contribution >= 4 is 29.9 Å². The molecule has 2 unspecified atom stereocenters. The molecule has 0 aliphatic carbocycles. The van der Waals surface area contributed by atoms with E-state index in [0.717, 1.165) is 51.8 Å². The van der Waals surface area contributed by atoms with Gasteiger partial charge in [-0.25, -0.2) is 0 Å². The molecule has 0 radical (unpaired) electrons. The van der Waals surface area contributed by atoms with Crippen molar-refractivity contribution in [3.63, 3.8) is 0 Å². The molecule has 0 bridgehead atoms. The first-order chi connectivity index (χ1) is 12.1. The van der Waals surface area contributed by atoms with Gasteiger partial charge < -0.3 is 15.4 Å². The lowest BCUT2D eigenvalue weighted by Crippen LogP contribution is -2.47. The third-order valence-electron chi connectivity index (χ3n) is 5.14. The van der Waals surface area contributed by atoms with Crippen molar-refractivity contribution in [1.82, 2.24) is 15.5 Å². The standard InChI is InChI=1S/C20H32N4O.HI/c1-4-21-19(22-13-20(3)14-25-15-20)23-18-10-16(2)24(12-18)11-17-8-6-5-7-9-17;/h5-9,16,18H,4,10-15H2,1-3H3,(H2,21,22,23);1H. The Hall–Kier alpha value is -0.860. The summed E-state index contributed by atoms with van der Waals surface area (Å²) in [5.41, 5.74) is 1.60. The number of aliphatic imine (C=N–C) groups is 1. The normalized spacial score (nSPS) is 25.3. The van der Waals surface area contributed by atoms with E-state index in [0.29, 0.717) is 12.1 Å². The zero-order valence-electron chi connectivity index (χ0n) is 16.2. The van der Waals surface area contributed by atoms with E-state index in [1.54, 1.807) is 0 Å². The lowest BCUT2D eigenvalue weighted by molar-refractivity contribution is -0.0945. The summed E-state index contributed by atoms with van der Waals surface area (Å²) in [4.78, 5) is 7.35. The highest BCUT2D eigenvalue weighted by atomic mass is 127. The largest absolute Gasteiger partial charge is 0.380 e. The number of guanidine groups is 1. The molecular formula is C20H33IN4O. The van der Waals surface area contributed by atoms with Crippen LogP contribution in [0.2, 0.25) is 0 Å². The quantitative estimate of drug-likeness (QED) is 0.380. The Morgan fingerprint density at radius 3 is 2.65 bits per heavy atom. The minimum absolute atomic E-state index is 0. The zero-order chi connectivity index (χ0) is 17.7. The molecule has 2 aliphatic rings. The number of nitrogens with one attached hydrogen (secondary N) is 2. The molecule has 2 atom stereocenters. The maximum absolute atomic E-state index is 5.33. The highest BCUT2D eigenvalue weighted by Gasteiger charge is 2.33. The second-order valence-electron chi connectivity index (χ2n) is 7.84. The van der Waals surface area contributed by atoms with Crippen LogP contribution in [0, 0.1) is 5.41 Å². The zero-order valence-corrected chi connectivity index (χ0v) is 18.5. The van der Waals surface area contributed by atoms with Gasteiger partial charge in [0.05, 0.1) is 19.8 Å². The number of halogens is 1. The summed E-state index contributed by atoms with van der Waals surface area (Å²) in [5, 5.41) is 7.03. The lowest BCUT2D eigenvalue weighted by Gasteiger charge is -2.36. The number of ether oxygens (including phenoxy) is 1. The van der Waals surface area contributed by atoms with E-state index in [-0.39, 0.29) is 29.4 Å². The van der Waals surface area contributed by atoms with Crippen molar-refractivity contribution in [2.75, 3.05) is 32.8 Å². The van der Waals surface area contributed by atoms with Gasteiger partial charge in [-0.3, -0.25) is 9.89 Å². The molecule has 0 spiro atoms. The van der Waals surface area contributed by atoms with E-state index in [1.807, 2.05) is 0 Å². The number of hydrogen-bond acceptors (Lipinski definition) is 3. The molecule has 3 rings (SSSR count). The van der Waals surface area contributed by atoms with E-state index in [4.69, 9.17) is 9.73 Å². The molecular weight excluding hydrogens is 439 g/mol. The van der Waals surface area contributed by atoms with Crippen molar-refractivity contribution in [1.29, 1.82) is 0 Å². The van der Waals surface area contributed by atoms with E-state index in [1.165, 1.54) is 5.56 Å². The summed E-state index contributed by atoms with van der Waals surface area (Å²) >= 11 is 0. The molecule has 2 heterocycles. The second kappa shape index (κ2) is 9.90. The average molecular weight is 472 g/mol. The van der Waals surface area contributed by atoms with Crippen LogP contribution in [0.5, 0.6) is 0 Å². The van der Waals surface area contributed by atoms with E-state index < -0.39 is 0 Å². The van der Waals surface area contributed by atoms with Crippen LogP contribution in [0.25, 0.3) is 0 Å². The molecule has 2 aliphatic heterocycles. The Balaban J connectivity index is 0.00000243. The monoisotopic (exact) mass is 472 g/mol. The Kier molecular flexibility index (Phi) is 8.16. The fourth-order valence-corrected chi connectivity index (χ4v) is 3.57. The van der Waals surface area contributed by atoms with Crippen LogP contribution in [0.1, 0.15) is 32.8 Å². The van der Waals surface area contributed by atoms with Crippen molar-refractivity contribution in [3.8, 4) is 0 Å². The Labute approximate surface area is 175 Å². The average Bonchev–Trinajstić information content (AvgIpc) is 2.91. The van der Waals surface area contributed by atoms with Crippen LogP contribution in [0.3, 0.4) is 0 Å². The molecule has 0 amide bonds. The van der Waals surface area contributed by atoms with Gasteiger partial charge in [0, 0.05) is 37.1 Å². The molecule has 2 fully saturated rings. The SMILES string of the molecule is CCNC(=NCC1(C)COC1)NC1CC(C)N(Cc2ccccc2)C1.I. The molecule has 1 aromatic carbocycles. The van der Waals surface area contributed by atoms with Crippen LogP contribution in [0.4, 0.5) is 0 Å². The number of nitrogens with zero attached hydrogens (tertiary/aromatic N) is 2. The fourth-order valence-electron chi connectivity index (χ4n) is 3.57. The van der Waals surface area contributed by atoms with Gasteiger partial charge in [0.15, 0.2) is 5.96 Å². The van der Waals surface area contributed by atoms with E-state index in [9.17, 15) is 0 Å². The van der Waals surface area contributed by atoms with Gasteiger partial charge in [-0.15, -0.1) is 24.0 Å². The van der Waals surface area contributed by atoms with Crippen molar-refractivity contribution < 1.29 is 4.74 Å². The Bertz CT molecular complexity index is 576. The van der Waals surface area contributed by atoms with Crippen molar-refractivity contribution in [3.05, 3.63) is 35.9 Å². The summed E-state index contributed by atoms with van der Waals surface area (Å²) in [5.74, 6) is 0.939. The molecule has 5 nitrogen and oxygen atoms in total. The number of benzene rings is 1. The summed E-state index contributed by atoms with van der Waals surface area (Å²) in [7, 11) is 0. The predicted octanol–water partition coefficient (Wildman–Crippen LogP) is 2.86. The van der Waals surface area contributed by atoms with Crippen LogP contribution in [0.15, 0.2) is 35.3 Å². The van der Waals surface area contributed by atoms with Crippen molar-refractivity contribution in [2.45, 2.75) is 45.8 Å². The first kappa shape index (κ1) is 21.4. The maximum Gasteiger partial charge on any atom is 0.191 e. The second-order valence-corrected chi connectivity index (χ2v) is 7.84. The topological polar surface area (TPSA) is 48.9 Å². The van der Waals surface area contributed by atoms with Gasteiger partial charge in [-0.05, 0) is 25.8 Å². The third-order valence-corrected chi connectivity index (χ3v) is 5.14.